The minimum atomic E-state index is -0.483. The SMILES string of the molecule is CCCCOC(=O)NC1CCc2cc(-c3cc4c(cc3F)c(=O)c3c(=O)[nH]sc3n4C3CC3)ccc2C1. The van der Waals surface area contributed by atoms with Crippen molar-refractivity contribution in [2.24, 2.45) is 0 Å². The van der Waals surface area contributed by atoms with Gasteiger partial charge in [0.25, 0.3) is 5.56 Å². The lowest BCUT2D eigenvalue weighted by atomic mass is 9.86. The van der Waals surface area contributed by atoms with E-state index in [1.165, 1.54) is 6.07 Å². The van der Waals surface area contributed by atoms with E-state index in [4.69, 9.17) is 4.74 Å². The van der Waals surface area contributed by atoms with Crippen LogP contribution in [0.5, 0.6) is 0 Å². The number of unbranched alkanes of at least 4 members (excludes halogenated alkanes) is 1. The molecule has 9 heteroatoms. The van der Waals surface area contributed by atoms with Crippen molar-refractivity contribution in [3.63, 3.8) is 0 Å². The molecule has 37 heavy (non-hydrogen) atoms. The second-order valence-corrected chi connectivity index (χ2v) is 10.8. The third-order valence-electron chi connectivity index (χ3n) is 7.43. The van der Waals surface area contributed by atoms with Crippen LogP contribution in [0.4, 0.5) is 9.18 Å². The molecule has 2 aliphatic rings. The summed E-state index contributed by atoms with van der Waals surface area (Å²) in [6, 6.07) is 9.17. The molecule has 1 unspecified atom stereocenters. The molecule has 0 saturated heterocycles. The van der Waals surface area contributed by atoms with Crippen LogP contribution in [0, 0.1) is 5.82 Å². The normalized spacial score (nSPS) is 17.2. The highest BCUT2D eigenvalue weighted by Crippen LogP contribution is 2.41. The van der Waals surface area contributed by atoms with Crippen molar-refractivity contribution in [3.05, 3.63) is 67.9 Å². The molecule has 0 radical (unpaired) electrons. The van der Waals surface area contributed by atoms with Crippen LogP contribution >= 0.6 is 11.5 Å². The minimum Gasteiger partial charge on any atom is -0.450 e. The van der Waals surface area contributed by atoms with Gasteiger partial charge < -0.3 is 14.6 Å². The summed E-state index contributed by atoms with van der Waals surface area (Å²) in [6.07, 6.45) is 5.62. The Balaban J connectivity index is 1.33. The highest BCUT2D eigenvalue weighted by Gasteiger charge is 2.29. The van der Waals surface area contributed by atoms with E-state index in [1.807, 2.05) is 29.7 Å². The Labute approximate surface area is 216 Å². The highest BCUT2D eigenvalue weighted by molar-refractivity contribution is 7.12. The maximum Gasteiger partial charge on any atom is 0.407 e. The number of fused-ring (bicyclic) bond motifs is 3. The Morgan fingerprint density at radius 2 is 2.03 bits per heavy atom. The zero-order valence-corrected chi connectivity index (χ0v) is 21.4. The molecule has 0 bridgehead atoms. The number of hydrogen-bond donors (Lipinski definition) is 2. The number of hydrogen-bond acceptors (Lipinski definition) is 5. The summed E-state index contributed by atoms with van der Waals surface area (Å²) in [6.45, 7) is 2.48. The van der Waals surface area contributed by atoms with Gasteiger partial charge in [-0.25, -0.2) is 9.18 Å². The van der Waals surface area contributed by atoms with Crippen LogP contribution < -0.4 is 16.3 Å². The summed E-state index contributed by atoms with van der Waals surface area (Å²) in [5, 5.41) is 3.31. The van der Waals surface area contributed by atoms with Crippen molar-refractivity contribution in [1.29, 1.82) is 0 Å². The van der Waals surface area contributed by atoms with Gasteiger partial charge in [0.15, 0.2) is 0 Å². The summed E-state index contributed by atoms with van der Waals surface area (Å²) >= 11 is 1.16. The van der Waals surface area contributed by atoms with Gasteiger partial charge >= 0.3 is 6.09 Å². The lowest BCUT2D eigenvalue weighted by molar-refractivity contribution is 0.139. The molecule has 1 amide bonds. The van der Waals surface area contributed by atoms with Crippen molar-refractivity contribution >= 4 is 38.7 Å². The van der Waals surface area contributed by atoms with E-state index in [-0.39, 0.29) is 28.9 Å². The Morgan fingerprint density at radius 3 is 2.81 bits per heavy atom. The number of amides is 1. The summed E-state index contributed by atoms with van der Waals surface area (Å²) < 4.78 is 25.4. The van der Waals surface area contributed by atoms with Gasteiger partial charge in [0, 0.05) is 23.0 Å². The van der Waals surface area contributed by atoms with Gasteiger partial charge in [-0.15, -0.1) is 0 Å². The molecule has 2 aromatic carbocycles. The zero-order chi connectivity index (χ0) is 25.7. The molecule has 1 saturated carbocycles. The zero-order valence-electron chi connectivity index (χ0n) is 20.6. The van der Waals surface area contributed by atoms with E-state index in [0.29, 0.717) is 28.9 Å². The van der Waals surface area contributed by atoms with Gasteiger partial charge in [0.05, 0.1) is 12.1 Å². The molecular formula is C28H28FN3O4S. The first-order chi connectivity index (χ1) is 17.9. The number of pyridine rings is 1. The largest absolute Gasteiger partial charge is 0.450 e. The van der Waals surface area contributed by atoms with Gasteiger partial charge in [-0.05, 0) is 78.9 Å². The molecule has 6 rings (SSSR count). The average molecular weight is 522 g/mol. The van der Waals surface area contributed by atoms with Crippen LogP contribution in [0.2, 0.25) is 0 Å². The number of nitrogens with zero attached hydrogens (tertiary/aromatic N) is 1. The molecule has 2 aliphatic carbocycles. The van der Waals surface area contributed by atoms with Gasteiger partial charge in [-0.1, -0.05) is 31.5 Å². The number of H-pyrrole nitrogens is 1. The average Bonchev–Trinajstić information content (AvgIpc) is 3.65. The maximum atomic E-state index is 15.4. The van der Waals surface area contributed by atoms with Crippen molar-refractivity contribution < 1.29 is 13.9 Å². The van der Waals surface area contributed by atoms with Crippen molar-refractivity contribution in [3.8, 4) is 11.1 Å². The molecular weight excluding hydrogens is 493 g/mol. The predicted molar refractivity (Wildman–Crippen MR) is 143 cm³/mol. The standard InChI is InChI=1S/C28H28FN3O4S/c1-2-3-10-36-28(35)30-18-7-6-15-11-17(5-4-16(15)12-18)20-14-23-21(13-22(20)29)25(33)24-26(34)31-37-27(24)32(23)19-8-9-19/h4-5,11,13-14,18-19H,2-3,6-10,12H2,1H3,(H,30,35)(H,31,34). The number of aromatic amines is 1. The van der Waals surface area contributed by atoms with Crippen LogP contribution in [-0.2, 0) is 17.6 Å². The fourth-order valence-electron chi connectivity index (χ4n) is 5.33. The maximum absolute atomic E-state index is 15.4. The third-order valence-corrected chi connectivity index (χ3v) is 8.31. The molecule has 0 aliphatic heterocycles. The number of benzene rings is 2. The lowest BCUT2D eigenvalue weighted by Crippen LogP contribution is -2.39. The molecule has 2 heterocycles. The number of ether oxygens (including phenoxy) is 1. The molecule has 4 aromatic rings. The number of rotatable bonds is 6. The number of alkyl carbamates (subject to hydrolysis) is 1. The van der Waals surface area contributed by atoms with E-state index in [0.717, 1.165) is 66.7 Å². The van der Waals surface area contributed by atoms with E-state index < -0.39 is 16.8 Å². The van der Waals surface area contributed by atoms with Gasteiger partial charge in [0.2, 0.25) is 5.43 Å². The van der Waals surface area contributed by atoms with Crippen molar-refractivity contribution in [2.45, 2.75) is 64.0 Å². The smallest absolute Gasteiger partial charge is 0.407 e. The summed E-state index contributed by atoms with van der Waals surface area (Å²) in [4.78, 5) is 38.1. The number of nitrogens with one attached hydrogen (secondary N) is 2. The molecule has 1 atom stereocenters. The topological polar surface area (TPSA) is 93.2 Å². The fraction of sp³-hybridized carbons (Fsp3) is 0.393. The number of carbonyl (C=O) groups excluding carboxylic acids is 1. The van der Waals surface area contributed by atoms with Crippen LogP contribution in [0.25, 0.3) is 32.2 Å². The van der Waals surface area contributed by atoms with Crippen molar-refractivity contribution in [2.75, 3.05) is 6.61 Å². The summed E-state index contributed by atoms with van der Waals surface area (Å²) in [5.74, 6) is -0.483. The first-order valence-corrected chi connectivity index (χ1v) is 13.7. The van der Waals surface area contributed by atoms with Crippen LogP contribution in [0.3, 0.4) is 0 Å². The Hall–Kier alpha value is -3.46. The van der Waals surface area contributed by atoms with Gasteiger partial charge in [-0.2, -0.15) is 0 Å². The van der Waals surface area contributed by atoms with E-state index >= 15 is 4.39 Å². The van der Waals surface area contributed by atoms with Gasteiger partial charge in [-0.3, -0.25) is 14.0 Å². The van der Waals surface area contributed by atoms with Crippen molar-refractivity contribution in [1.82, 2.24) is 14.3 Å². The van der Waals surface area contributed by atoms with E-state index in [1.54, 1.807) is 6.07 Å². The molecule has 2 N–H and O–H groups in total. The molecule has 1 fully saturated rings. The van der Waals surface area contributed by atoms with Gasteiger partial charge in [0.1, 0.15) is 16.0 Å². The Bertz CT molecular complexity index is 1650. The number of aromatic nitrogens is 2. The summed E-state index contributed by atoms with van der Waals surface area (Å²) in [7, 11) is 0. The number of aryl methyl sites for hydroxylation is 1. The Morgan fingerprint density at radius 1 is 1.19 bits per heavy atom. The number of carbonyl (C=O) groups is 1. The molecule has 192 valence electrons. The predicted octanol–water partition coefficient (Wildman–Crippen LogP) is 5.43. The number of halogens is 1. The summed E-state index contributed by atoms with van der Waals surface area (Å²) in [5.41, 5.74) is 3.27. The fourth-order valence-corrected chi connectivity index (χ4v) is 6.26. The first kappa shape index (κ1) is 23.9. The second kappa shape index (κ2) is 9.45. The second-order valence-electron chi connectivity index (χ2n) is 10.0. The van der Waals surface area contributed by atoms with Crippen LogP contribution in [0.1, 0.15) is 56.2 Å². The van der Waals surface area contributed by atoms with E-state index in [9.17, 15) is 14.4 Å². The molecule has 2 aromatic heterocycles. The van der Waals surface area contributed by atoms with Crippen LogP contribution in [0.15, 0.2) is 39.9 Å². The lowest BCUT2D eigenvalue weighted by Gasteiger charge is -2.26. The third kappa shape index (κ3) is 4.35. The van der Waals surface area contributed by atoms with Crippen LogP contribution in [-0.4, -0.2) is 27.7 Å². The van der Waals surface area contributed by atoms with E-state index in [2.05, 4.69) is 9.69 Å². The quantitative estimate of drug-likeness (QED) is 0.331. The molecule has 7 nitrogen and oxygen atoms in total. The minimum absolute atomic E-state index is 0.00812. The Kier molecular flexibility index (Phi) is 6.10. The molecule has 0 spiro atoms. The monoisotopic (exact) mass is 521 g/mol. The highest BCUT2D eigenvalue weighted by atomic mass is 32.1. The first-order valence-electron chi connectivity index (χ1n) is 12.9.